The molecule has 1 aromatic rings. The van der Waals surface area contributed by atoms with Gasteiger partial charge in [-0.3, -0.25) is 9.59 Å². The van der Waals surface area contributed by atoms with Gasteiger partial charge in [0.2, 0.25) is 0 Å². The Morgan fingerprint density at radius 1 is 1.00 bits per heavy atom. The molecule has 16 heavy (non-hydrogen) atoms. The Balaban J connectivity index is 2.71. The highest BCUT2D eigenvalue weighted by Gasteiger charge is 2.05. The minimum atomic E-state index is -0.320. The van der Waals surface area contributed by atoms with E-state index in [1.165, 1.54) is 6.07 Å². The highest BCUT2D eigenvalue weighted by atomic mass is 16.5. The molecule has 1 rings (SSSR count). The molecule has 4 heteroatoms. The summed E-state index contributed by atoms with van der Waals surface area (Å²) in [6, 6.07) is 6.45. The Labute approximate surface area is 94.2 Å². The summed E-state index contributed by atoms with van der Waals surface area (Å²) in [4.78, 5) is 22.1. The fourth-order valence-corrected chi connectivity index (χ4v) is 1.01. The SMILES string of the molecule is CCC(=O)Oc1cccc(OC(=O)CC)c1. The first-order valence-electron chi connectivity index (χ1n) is 5.17. The lowest BCUT2D eigenvalue weighted by Gasteiger charge is -2.05. The number of benzene rings is 1. The second kappa shape index (κ2) is 5.90. The first-order chi connectivity index (χ1) is 7.65. The van der Waals surface area contributed by atoms with Gasteiger partial charge in [-0.25, -0.2) is 0 Å². The molecule has 0 fully saturated rings. The monoisotopic (exact) mass is 222 g/mol. The Morgan fingerprint density at radius 2 is 1.44 bits per heavy atom. The molecule has 0 bridgehead atoms. The van der Waals surface area contributed by atoms with E-state index in [1.54, 1.807) is 32.0 Å². The van der Waals surface area contributed by atoms with Crippen molar-refractivity contribution in [2.24, 2.45) is 0 Å². The fraction of sp³-hybridized carbons (Fsp3) is 0.333. The predicted molar refractivity (Wildman–Crippen MR) is 58.3 cm³/mol. The third-order valence-corrected chi connectivity index (χ3v) is 1.85. The van der Waals surface area contributed by atoms with Crippen molar-refractivity contribution in [1.29, 1.82) is 0 Å². The maximum atomic E-state index is 11.0. The standard InChI is InChI=1S/C12H14O4/c1-3-11(13)15-9-6-5-7-10(8-9)16-12(14)4-2/h5-8H,3-4H2,1-2H3. The molecule has 0 unspecified atom stereocenters. The third-order valence-electron chi connectivity index (χ3n) is 1.85. The topological polar surface area (TPSA) is 52.6 Å². The molecule has 1 aromatic carbocycles. The number of carbonyl (C=O) groups excluding carboxylic acids is 2. The maximum Gasteiger partial charge on any atom is 0.310 e. The van der Waals surface area contributed by atoms with Crippen molar-refractivity contribution in [2.45, 2.75) is 26.7 Å². The number of hydrogen-bond acceptors (Lipinski definition) is 4. The minimum Gasteiger partial charge on any atom is -0.426 e. The largest absolute Gasteiger partial charge is 0.426 e. The lowest BCUT2D eigenvalue weighted by molar-refractivity contribution is -0.134. The van der Waals surface area contributed by atoms with Crippen LogP contribution in [0.2, 0.25) is 0 Å². The molecular weight excluding hydrogens is 208 g/mol. The molecule has 0 heterocycles. The van der Waals surface area contributed by atoms with Gasteiger partial charge in [-0.15, -0.1) is 0 Å². The molecule has 0 saturated carbocycles. The van der Waals surface area contributed by atoms with Gasteiger partial charge in [-0.1, -0.05) is 19.9 Å². The van der Waals surface area contributed by atoms with Gasteiger partial charge in [0.15, 0.2) is 0 Å². The molecule has 0 N–H and O–H groups in total. The minimum absolute atomic E-state index is 0.305. The van der Waals surface area contributed by atoms with Crippen LogP contribution in [0.4, 0.5) is 0 Å². The number of ether oxygens (including phenoxy) is 2. The van der Waals surface area contributed by atoms with Gasteiger partial charge in [0.25, 0.3) is 0 Å². The van der Waals surface area contributed by atoms with Crippen LogP contribution >= 0.6 is 0 Å². The van der Waals surface area contributed by atoms with E-state index in [0.717, 1.165) is 0 Å². The summed E-state index contributed by atoms with van der Waals surface area (Å²) in [5.74, 6) is 0.124. The van der Waals surface area contributed by atoms with Crippen molar-refractivity contribution < 1.29 is 19.1 Å². The molecule has 0 atom stereocenters. The molecule has 0 spiro atoms. The van der Waals surface area contributed by atoms with Crippen molar-refractivity contribution in [3.05, 3.63) is 24.3 Å². The van der Waals surface area contributed by atoms with Crippen LogP contribution < -0.4 is 9.47 Å². The van der Waals surface area contributed by atoms with Crippen LogP contribution in [0.25, 0.3) is 0 Å². The van der Waals surface area contributed by atoms with Crippen LogP contribution in [0.15, 0.2) is 24.3 Å². The van der Waals surface area contributed by atoms with Gasteiger partial charge in [0.1, 0.15) is 11.5 Å². The van der Waals surface area contributed by atoms with E-state index in [0.29, 0.717) is 24.3 Å². The molecule has 0 aliphatic rings. The fourth-order valence-electron chi connectivity index (χ4n) is 1.01. The second-order valence-corrected chi connectivity index (χ2v) is 3.13. The number of carbonyl (C=O) groups is 2. The Hall–Kier alpha value is -1.84. The van der Waals surface area contributed by atoms with E-state index < -0.39 is 0 Å². The molecule has 86 valence electrons. The molecule has 0 aromatic heterocycles. The van der Waals surface area contributed by atoms with Crippen LogP contribution in [0, 0.1) is 0 Å². The van der Waals surface area contributed by atoms with Crippen LogP contribution in [0.1, 0.15) is 26.7 Å². The summed E-state index contributed by atoms with van der Waals surface area (Å²) in [5.41, 5.74) is 0. The van der Waals surface area contributed by atoms with Crippen LogP contribution in [0.3, 0.4) is 0 Å². The zero-order valence-electron chi connectivity index (χ0n) is 9.36. The number of esters is 2. The summed E-state index contributed by atoms with van der Waals surface area (Å²) in [6.07, 6.45) is 0.609. The molecule has 4 nitrogen and oxygen atoms in total. The molecule has 0 radical (unpaired) electrons. The van der Waals surface area contributed by atoms with Gasteiger partial charge in [0, 0.05) is 18.9 Å². The van der Waals surface area contributed by atoms with E-state index >= 15 is 0 Å². The molecule has 0 aliphatic heterocycles. The summed E-state index contributed by atoms with van der Waals surface area (Å²) in [7, 11) is 0. The van der Waals surface area contributed by atoms with E-state index in [1.807, 2.05) is 0 Å². The molecular formula is C12H14O4. The van der Waals surface area contributed by atoms with Crippen molar-refractivity contribution in [3.63, 3.8) is 0 Å². The van der Waals surface area contributed by atoms with Gasteiger partial charge in [-0.2, -0.15) is 0 Å². The van der Waals surface area contributed by atoms with Crippen LogP contribution in [-0.2, 0) is 9.59 Å². The Kier molecular flexibility index (Phi) is 4.51. The lowest BCUT2D eigenvalue weighted by atomic mass is 10.3. The van der Waals surface area contributed by atoms with Gasteiger partial charge in [-0.05, 0) is 12.1 Å². The van der Waals surface area contributed by atoms with Gasteiger partial charge >= 0.3 is 11.9 Å². The lowest BCUT2D eigenvalue weighted by Crippen LogP contribution is -2.07. The maximum absolute atomic E-state index is 11.0. The number of hydrogen-bond donors (Lipinski definition) is 0. The molecule has 0 amide bonds. The second-order valence-electron chi connectivity index (χ2n) is 3.13. The van der Waals surface area contributed by atoms with E-state index in [4.69, 9.17) is 9.47 Å². The van der Waals surface area contributed by atoms with Crippen molar-refractivity contribution in [1.82, 2.24) is 0 Å². The zero-order chi connectivity index (χ0) is 12.0. The van der Waals surface area contributed by atoms with Crippen molar-refractivity contribution in [3.8, 4) is 11.5 Å². The van der Waals surface area contributed by atoms with Crippen LogP contribution in [0.5, 0.6) is 11.5 Å². The Morgan fingerprint density at radius 3 is 1.81 bits per heavy atom. The van der Waals surface area contributed by atoms with Gasteiger partial charge in [0.05, 0.1) is 0 Å². The highest BCUT2D eigenvalue weighted by molar-refractivity contribution is 5.73. The summed E-state index contributed by atoms with van der Waals surface area (Å²) in [5, 5.41) is 0. The van der Waals surface area contributed by atoms with Crippen molar-refractivity contribution in [2.75, 3.05) is 0 Å². The predicted octanol–water partition coefficient (Wildman–Crippen LogP) is 2.32. The zero-order valence-corrected chi connectivity index (χ0v) is 9.36. The van der Waals surface area contributed by atoms with Gasteiger partial charge < -0.3 is 9.47 Å². The van der Waals surface area contributed by atoms with E-state index in [9.17, 15) is 9.59 Å². The van der Waals surface area contributed by atoms with E-state index in [2.05, 4.69) is 0 Å². The molecule has 0 aliphatic carbocycles. The first kappa shape index (κ1) is 12.2. The normalized spacial score (nSPS) is 9.62. The Bertz CT molecular complexity index is 351. The summed E-state index contributed by atoms with van der Waals surface area (Å²) < 4.78 is 9.98. The number of rotatable bonds is 4. The average Bonchev–Trinajstić information content (AvgIpc) is 2.29. The molecule has 0 saturated heterocycles. The smallest absolute Gasteiger partial charge is 0.310 e. The first-order valence-corrected chi connectivity index (χ1v) is 5.17. The van der Waals surface area contributed by atoms with E-state index in [-0.39, 0.29) is 11.9 Å². The van der Waals surface area contributed by atoms with Crippen molar-refractivity contribution >= 4 is 11.9 Å². The highest BCUT2D eigenvalue weighted by Crippen LogP contribution is 2.20. The summed E-state index contributed by atoms with van der Waals surface area (Å²) in [6.45, 7) is 3.42. The quantitative estimate of drug-likeness (QED) is 0.579. The average molecular weight is 222 g/mol. The van der Waals surface area contributed by atoms with Crippen LogP contribution in [-0.4, -0.2) is 11.9 Å². The third kappa shape index (κ3) is 3.73. The summed E-state index contributed by atoms with van der Waals surface area (Å²) >= 11 is 0.